The number of para-hydroxylation sites is 2. The monoisotopic (exact) mass is 1530 g/mol. The minimum absolute atomic E-state index is 0. The number of hydrogen-bond acceptors (Lipinski definition) is 17. The number of hydrogen-bond donors (Lipinski definition) is 10. The van der Waals surface area contributed by atoms with E-state index in [1.165, 1.54) is 38.5 Å². The molecule has 3 saturated carbocycles. The maximum Gasteiger partial charge on any atom is 1.00 e. The van der Waals surface area contributed by atoms with Crippen LogP contribution in [0, 0.1) is 17.5 Å². The number of primary amides is 2. The van der Waals surface area contributed by atoms with Crippen molar-refractivity contribution in [3.8, 4) is 0 Å². The standard InChI is InChI=1S/C24H25ClFN5O4.C14H18ClFN2O2.C10H9Cl2FO.C10H9N3O3.C5H11NO.CH2O3.2CH4.2K.H/c25-16-7-3-5-14(22(16)26)11-28-20(33)12-30(18-9-4-10-19(18)32)21(34)13-31-17-8-2-1-6-15(17)23(29-31)24(27)35;15-10-4-1-3-9(14(10)16)7-18-13(20)8-17-11-5-2-6-12(11)19;11-6-8(14)5-4-7-2-1-3-9(12)10(7)13;11-10(16)9-6-3-1-2-4-7(6)13(12-9)5-8(14)15;6-4-2-1-3-5(4)7;2-1-4-3;;;;;/h1-3,5-8,18-19,32H,4,9-13H2,(H2,27,35)(H,28,33);1,3-4,11-12,17,19H,2,5-8H2,(H,18,20);1-3H,4-6H2;1-4H,5H2,(H2,11,16)(H,14,15);4-5,7H,1-3,6H2;1,3H;2*1H4;;;/q;;;;;;;;2*+1;-1/p-1/t18-,19-;11-,12-;;;4-,5-;;;;;;/m11..1....../s1. The molecule has 3 aliphatic carbocycles. The number of aromatic nitrogens is 4. The van der Waals surface area contributed by atoms with Crippen molar-refractivity contribution < 1.29 is 186 Å². The molecule has 10 rings (SSSR count). The molecule has 3 aliphatic rings. The zero-order valence-electron chi connectivity index (χ0n) is 54.6. The number of carboxylic acid groups (broad SMARTS) is 1. The molecule has 2 heterocycles. The van der Waals surface area contributed by atoms with Crippen molar-refractivity contribution in [2.75, 3.05) is 19.0 Å². The smallest absolute Gasteiger partial charge is 1.00 e. The Balaban J connectivity index is 0.00000130. The molecular weight excluding hydrogens is 1450 g/mol. The second-order valence-electron chi connectivity index (χ2n) is 22.0. The van der Waals surface area contributed by atoms with Gasteiger partial charge >= 0.3 is 109 Å². The van der Waals surface area contributed by atoms with Crippen LogP contribution in [-0.2, 0) is 66.3 Å². The van der Waals surface area contributed by atoms with Gasteiger partial charge in [0.05, 0.1) is 69.4 Å². The molecule has 25 nitrogen and oxygen atoms in total. The Labute approximate surface area is 682 Å². The van der Waals surface area contributed by atoms with Crippen LogP contribution in [-0.4, -0.2) is 148 Å². The fourth-order valence-corrected chi connectivity index (χ4v) is 11.1. The number of nitrogens with zero attached hydrogens (tertiary/aromatic N) is 5. The van der Waals surface area contributed by atoms with Gasteiger partial charge in [0, 0.05) is 53.5 Å². The first-order valence-corrected chi connectivity index (χ1v) is 31.6. The van der Waals surface area contributed by atoms with Gasteiger partial charge in [0.2, 0.25) is 17.7 Å². The molecule has 5 amide bonds. The maximum atomic E-state index is 14.1. The molecule has 0 unspecified atom stereocenters. The molecule has 2 aromatic heterocycles. The number of nitrogens with two attached hydrogens (primary N) is 3. The third kappa shape index (κ3) is 29.3. The van der Waals surface area contributed by atoms with Crippen molar-refractivity contribution in [1.82, 2.24) is 40.4 Å². The summed E-state index contributed by atoms with van der Waals surface area (Å²) in [6.07, 6.45) is 6.61. The number of carbonyl (C=O) groups is 8. The average molecular weight is 1530 g/mol. The number of nitrogens with one attached hydrogen (secondary N) is 3. The van der Waals surface area contributed by atoms with E-state index in [1.54, 1.807) is 78.9 Å². The van der Waals surface area contributed by atoms with Crippen LogP contribution in [0.25, 0.3) is 21.8 Å². The van der Waals surface area contributed by atoms with Gasteiger partial charge in [-0.2, -0.15) is 10.2 Å². The second-order valence-corrected chi connectivity index (χ2v) is 23.4. The summed E-state index contributed by atoms with van der Waals surface area (Å²) < 4.78 is 43.6. The molecule has 3 fully saturated rings. The molecule has 0 saturated heterocycles. The number of ketones is 1. The molecular formula is C66H82Cl4F3K2N11O14. The van der Waals surface area contributed by atoms with Crippen molar-refractivity contribution in [3.05, 3.63) is 164 Å². The topological polar surface area (TPSA) is 403 Å². The van der Waals surface area contributed by atoms with Crippen LogP contribution in [0.2, 0.25) is 15.1 Å². The van der Waals surface area contributed by atoms with Gasteiger partial charge < -0.3 is 70.0 Å². The van der Waals surface area contributed by atoms with Gasteiger partial charge in [0.15, 0.2) is 11.4 Å². The molecule has 0 radical (unpaired) electrons. The van der Waals surface area contributed by atoms with Crippen LogP contribution < -0.4 is 141 Å². The Bertz CT molecular complexity index is 3810. The normalized spacial score (nSPS) is 16.8. The minimum atomic E-state index is -1.02. The number of fused-ring (bicyclic) bond motifs is 2. The largest absolute Gasteiger partial charge is 1.00 e. The van der Waals surface area contributed by atoms with E-state index in [9.17, 15) is 56.9 Å². The van der Waals surface area contributed by atoms with Crippen LogP contribution in [0.1, 0.15) is 118 Å². The predicted molar refractivity (Wildman–Crippen MR) is 363 cm³/mol. The van der Waals surface area contributed by atoms with E-state index in [-0.39, 0.29) is 245 Å². The number of carbonyl (C=O) groups excluding carboxylic acids is 7. The molecule has 6 atom stereocenters. The van der Waals surface area contributed by atoms with Gasteiger partial charge in [-0.25, -0.2) is 13.2 Å². The van der Waals surface area contributed by atoms with Gasteiger partial charge in [0.1, 0.15) is 36.3 Å². The number of aliphatic carboxylic acids is 1. The number of aliphatic hydroxyl groups is 3. The SMILES string of the molecule is C.C.NC(=O)c1nn(CC(=O)N(CC(=O)NCc2cccc(Cl)c2F)[C@@H]2CCC[C@H]2O)c2ccccc12.NC(=O)c1nn(CC(=O)O)c2ccccc12.N[C@@H]1CCC[C@H]1O.O=C(CCl)CCc1cccc(Cl)c1F.O=C(CN[C@@H]1CCC[C@H]1O)NCc1cccc(Cl)c1F.O=CO[O-].[H-].[K+].[K+]. The molecule has 536 valence electrons. The Morgan fingerprint density at radius 2 is 1.08 bits per heavy atom. The Morgan fingerprint density at radius 3 is 1.49 bits per heavy atom. The fourth-order valence-electron chi connectivity index (χ4n) is 10.4. The fraction of sp³-hybridized carbons (Fsp3) is 0.394. The summed E-state index contributed by atoms with van der Waals surface area (Å²) in [6.45, 7) is -0.956. The van der Waals surface area contributed by atoms with Crippen molar-refractivity contribution >= 4 is 116 Å². The maximum absolute atomic E-state index is 14.1. The summed E-state index contributed by atoms with van der Waals surface area (Å²) in [5, 5.41) is 63.6. The number of carboxylic acids is 1. The van der Waals surface area contributed by atoms with Crippen LogP contribution in [0.3, 0.4) is 0 Å². The van der Waals surface area contributed by atoms with E-state index in [2.05, 4.69) is 31.0 Å². The molecule has 34 heteroatoms. The molecule has 0 bridgehead atoms. The minimum Gasteiger partial charge on any atom is -1.00 e. The molecule has 13 N–H and O–H groups in total. The zero-order valence-corrected chi connectivity index (χ0v) is 62.8. The van der Waals surface area contributed by atoms with Gasteiger partial charge in [-0.1, -0.05) is 122 Å². The number of amides is 5. The summed E-state index contributed by atoms with van der Waals surface area (Å²) in [7, 11) is 0. The second kappa shape index (κ2) is 48.1. The summed E-state index contributed by atoms with van der Waals surface area (Å²) in [6, 6.07) is 27.1. The summed E-state index contributed by atoms with van der Waals surface area (Å²) in [5.41, 5.74) is 18.3. The first kappa shape index (κ1) is 93.0. The molecule has 7 aromatic rings. The number of aliphatic hydroxyl groups excluding tert-OH is 3. The van der Waals surface area contributed by atoms with E-state index in [0.717, 1.165) is 38.5 Å². The number of alkyl halides is 1. The van der Waals surface area contributed by atoms with Crippen LogP contribution >= 0.6 is 46.4 Å². The number of rotatable bonds is 21. The zero-order chi connectivity index (χ0) is 70.6. The number of aryl methyl sites for hydroxylation is 1. The Hall–Kier alpha value is -5.02. The molecule has 0 aliphatic heterocycles. The van der Waals surface area contributed by atoms with E-state index in [4.69, 9.17) is 83.9 Å². The van der Waals surface area contributed by atoms with Gasteiger partial charge in [0.25, 0.3) is 18.3 Å². The molecule has 100 heavy (non-hydrogen) atoms. The molecule has 0 spiro atoms. The van der Waals surface area contributed by atoms with Gasteiger partial charge in [-0.05, 0) is 100 Å². The summed E-state index contributed by atoms with van der Waals surface area (Å²) >= 11 is 22.4. The van der Waals surface area contributed by atoms with Crippen LogP contribution in [0.5, 0.6) is 0 Å². The van der Waals surface area contributed by atoms with Gasteiger partial charge in [-0.3, -0.25) is 47.7 Å². The Kier molecular flexibility index (Phi) is 44.7. The van der Waals surface area contributed by atoms with E-state index in [0.29, 0.717) is 58.6 Å². The van der Waals surface area contributed by atoms with Crippen molar-refractivity contribution in [3.63, 3.8) is 0 Å². The third-order valence-electron chi connectivity index (χ3n) is 15.3. The summed E-state index contributed by atoms with van der Waals surface area (Å²) in [5.74, 6) is -5.30. The van der Waals surface area contributed by atoms with Gasteiger partial charge in [-0.15, -0.1) is 11.6 Å². The summed E-state index contributed by atoms with van der Waals surface area (Å²) in [4.78, 5) is 94.7. The molecule has 5 aromatic carbocycles. The number of Topliss-reactive ketones (excluding diaryl/α,β-unsaturated/α-hetero) is 1. The number of halogens is 7. The van der Waals surface area contributed by atoms with E-state index in [1.807, 2.05) is 0 Å². The van der Waals surface area contributed by atoms with Crippen molar-refractivity contribution in [1.29, 1.82) is 0 Å². The van der Waals surface area contributed by atoms with E-state index >= 15 is 0 Å². The first-order valence-electron chi connectivity index (χ1n) is 30.0. The third-order valence-corrected chi connectivity index (χ3v) is 16.4. The quantitative estimate of drug-likeness (QED) is 0.0156. The van der Waals surface area contributed by atoms with Crippen molar-refractivity contribution in [2.24, 2.45) is 17.2 Å². The van der Waals surface area contributed by atoms with Crippen LogP contribution in [0.4, 0.5) is 13.2 Å². The average Bonchev–Trinajstić information content (AvgIpc) is 1.65. The number of benzene rings is 5. The Morgan fingerprint density at radius 1 is 0.640 bits per heavy atom. The first-order chi connectivity index (χ1) is 45.8. The van der Waals surface area contributed by atoms with Crippen LogP contribution in [0.15, 0.2) is 103 Å². The van der Waals surface area contributed by atoms with Crippen molar-refractivity contribution in [2.45, 2.75) is 148 Å². The predicted octanol–water partition coefficient (Wildman–Crippen LogP) is 0.710. The van der Waals surface area contributed by atoms with E-state index < -0.39 is 59.2 Å².